The van der Waals surface area contributed by atoms with E-state index < -0.39 is 0 Å². The van der Waals surface area contributed by atoms with Crippen LogP contribution in [-0.2, 0) is 6.54 Å². The molecule has 2 aromatic rings. The van der Waals surface area contributed by atoms with Crippen molar-refractivity contribution in [2.75, 3.05) is 5.88 Å². The molecule has 0 aromatic carbocycles. The number of halogens is 1. The first kappa shape index (κ1) is 11.9. The Labute approximate surface area is 104 Å². The van der Waals surface area contributed by atoms with E-state index >= 15 is 0 Å². The molecule has 1 N–H and O–H groups in total. The lowest BCUT2D eigenvalue weighted by molar-refractivity contribution is 0.378. The van der Waals surface area contributed by atoms with Crippen LogP contribution in [-0.4, -0.2) is 20.8 Å². The van der Waals surface area contributed by atoms with Crippen molar-refractivity contribution in [3.05, 3.63) is 23.5 Å². The molecule has 2 aromatic heterocycles. The van der Waals surface area contributed by atoms with E-state index in [1.165, 1.54) is 0 Å². The number of imidazole rings is 1. The highest BCUT2D eigenvalue weighted by Gasteiger charge is 2.20. The third-order valence-corrected chi connectivity index (χ3v) is 4.28. The highest BCUT2D eigenvalue weighted by molar-refractivity contribution is 7.15. The van der Waals surface area contributed by atoms with Crippen LogP contribution in [0.2, 0.25) is 0 Å². The first-order valence-electron chi connectivity index (χ1n) is 5.39. The number of hydrogen-bond donors (Lipinski definition) is 1. The summed E-state index contributed by atoms with van der Waals surface area (Å²) in [4.78, 5) is 5.56. The molecule has 2 rings (SSSR count). The predicted octanol–water partition coefficient (Wildman–Crippen LogP) is 2.89. The molecule has 0 bridgehead atoms. The normalized spacial score (nSPS) is 15.4. The van der Waals surface area contributed by atoms with Gasteiger partial charge in [-0.1, -0.05) is 6.92 Å². The number of nitrogens with zero attached hydrogens (tertiary/aromatic N) is 2. The summed E-state index contributed by atoms with van der Waals surface area (Å²) >= 11 is 7.60. The molecule has 5 heteroatoms. The van der Waals surface area contributed by atoms with Crippen LogP contribution in [0, 0.1) is 0 Å². The Hall–Kier alpha value is -0.580. The Morgan fingerprint density at radius 2 is 2.44 bits per heavy atom. The molecular weight excluding hydrogens is 242 g/mol. The van der Waals surface area contributed by atoms with Crippen molar-refractivity contribution in [2.45, 2.75) is 32.4 Å². The smallest absolute Gasteiger partial charge is 0.193 e. The highest BCUT2D eigenvalue weighted by atomic mass is 35.5. The Morgan fingerprint density at radius 3 is 3.06 bits per heavy atom. The molecule has 1 atom stereocenters. The Bertz CT molecular complexity index is 430. The third-order valence-electron chi connectivity index (χ3n) is 2.91. The minimum atomic E-state index is -0.00139. The molecule has 3 nitrogen and oxygen atoms in total. The first-order valence-corrected chi connectivity index (χ1v) is 6.80. The fourth-order valence-corrected chi connectivity index (χ4v) is 2.43. The number of alkyl halides is 1. The van der Waals surface area contributed by atoms with Gasteiger partial charge in [0.05, 0.1) is 5.69 Å². The molecule has 0 spiro atoms. The summed E-state index contributed by atoms with van der Waals surface area (Å²) in [5.41, 5.74) is 1.06. The van der Waals surface area contributed by atoms with Gasteiger partial charge in [0, 0.05) is 35.7 Å². The van der Waals surface area contributed by atoms with Crippen LogP contribution in [0.4, 0.5) is 0 Å². The molecule has 0 aliphatic carbocycles. The van der Waals surface area contributed by atoms with E-state index in [0.717, 1.165) is 23.6 Å². The van der Waals surface area contributed by atoms with Gasteiger partial charge in [-0.05, 0) is 13.3 Å². The molecule has 0 amide bonds. The average Bonchev–Trinajstić information content (AvgIpc) is 2.86. The topological polar surface area (TPSA) is 29.3 Å². The van der Waals surface area contributed by atoms with Gasteiger partial charge in [-0.15, -0.1) is 22.9 Å². The second-order valence-electron chi connectivity index (χ2n) is 4.23. The van der Waals surface area contributed by atoms with Crippen molar-refractivity contribution in [3.63, 3.8) is 0 Å². The molecule has 1 unspecified atom stereocenters. The molecule has 0 aliphatic heterocycles. The van der Waals surface area contributed by atoms with Crippen molar-refractivity contribution >= 4 is 27.9 Å². The summed E-state index contributed by atoms with van der Waals surface area (Å²) in [6.07, 6.45) is 5.10. The number of thiazole rings is 1. The minimum Gasteiger partial charge on any atom is -0.305 e. The summed E-state index contributed by atoms with van der Waals surface area (Å²) in [6.45, 7) is 5.05. The van der Waals surface area contributed by atoms with Crippen molar-refractivity contribution in [3.8, 4) is 0 Å². The lowest BCUT2D eigenvalue weighted by Crippen LogP contribution is -2.43. The van der Waals surface area contributed by atoms with Gasteiger partial charge in [0.15, 0.2) is 4.96 Å². The Morgan fingerprint density at radius 1 is 1.62 bits per heavy atom. The zero-order valence-electron chi connectivity index (χ0n) is 9.53. The van der Waals surface area contributed by atoms with Crippen LogP contribution in [0.15, 0.2) is 17.8 Å². The van der Waals surface area contributed by atoms with Gasteiger partial charge in [-0.2, -0.15) is 0 Å². The fraction of sp³-hybridized carbons (Fsp3) is 0.545. The second kappa shape index (κ2) is 4.73. The lowest BCUT2D eigenvalue weighted by Gasteiger charge is -2.26. The quantitative estimate of drug-likeness (QED) is 0.835. The number of aromatic nitrogens is 2. The molecule has 2 heterocycles. The first-order chi connectivity index (χ1) is 7.67. The molecular formula is C11H16ClN3S. The Kier molecular flexibility index (Phi) is 3.52. The monoisotopic (exact) mass is 257 g/mol. The van der Waals surface area contributed by atoms with Gasteiger partial charge >= 0.3 is 0 Å². The van der Waals surface area contributed by atoms with E-state index in [-0.39, 0.29) is 5.54 Å². The summed E-state index contributed by atoms with van der Waals surface area (Å²) in [5, 5.41) is 5.50. The van der Waals surface area contributed by atoms with Crippen molar-refractivity contribution in [1.82, 2.24) is 14.7 Å². The number of nitrogens with one attached hydrogen (secondary N) is 1. The summed E-state index contributed by atoms with van der Waals surface area (Å²) in [7, 11) is 0. The SMILES string of the molecule is CCC(C)(CCl)NCc1cn2ccsc2n1. The van der Waals surface area contributed by atoms with Crippen LogP contribution in [0.1, 0.15) is 26.0 Å². The molecule has 0 fully saturated rings. The van der Waals surface area contributed by atoms with Gasteiger partial charge in [0.2, 0.25) is 0 Å². The molecule has 0 saturated heterocycles. The molecule has 0 radical (unpaired) electrons. The molecule has 0 aliphatic rings. The van der Waals surface area contributed by atoms with E-state index in [9.17, 15) is 0 Å². The standard InChI is InChI=1S/C11H16ClN3S/c1-3-11(2,8-12)13-6-9-7-15-4-5-16-10(15)14-9/h4-5,7,13H,3,6,8H2,1-2H3. The number of rotatable bonds is 5. The van der Waals surface area contributed by atoms with E-state index in [1.807, 2.05) is 16.0 Å². The van der Waals surface area contributed by atoms with Gasteiger partial charge in [0.25, 0.3) is 0 Å². The van der Waals surface area contributed by atoms with Gasteiger partial charge < -0.3 is 5.32 Å². The van der Waals surface area contributed by atoms with Crippen molar-refractivity contribution < 1.29 is 0 Å². The van der Waals surface area contributed by atoms with Crippen molar-refractivity contribution in [2.24, 2.45) is 0 Å². The van der Waals surface area contributed by atoms with E-state index in [1.54, 1.807) is 11.3 Å². The summed E-state index contributed by atoms with van der Waals surface area (Å²) < 4.78 is 2.05. The molecule has 0 saturated carbocycles. The lowest BCUT2D eigenvalue weighted by atomic mass is 10.0. The predicted molar refractivity (Wildman–Crippen MR) is 69.3 cm³/mol. The van der Waals surface area contributed by atoms with Gasteiger partial charge in [-0.3, -0.25) is 4.40 Å². The van der Waals surface area contributed by atoms with Crippen LogP contribution in [0.3, 0.4) is 0 Å². The maximum atomic E-state index is 5.95. The van der Waals surface area contributed by atoms with Crippen LogP contribution in [0.5, 0.6) is 0 Å². The highest BCUT2D eigenvalue weighted by Crippen LogP contribution is 2.14. The zero-order valence-corrected chi connectivity index (χ0v) is 11.1. The third kappa shape index (κ3) is 2.39. The number of fused-ring (bicyclic) bond motifs is 1. The van der Waals surface area contributed by atoms with E-state index in [0.29, 0.717) is 5.88 Å². The zero-order chi connectivity index (χ0) is 11.6. The fourth-order valence-electron chi connectivity index (χ4n) is 1.43. The maximum absolute atomic E-state index is 5.95. The minimum absolute atomic E-state index is 0.00139. The van der Waals surface area contributed by atoms with E-state index in [2.05, 4.69) is 30.3 Å². The number of hydrogen-bond acceptors (Lipinski definition) is 3. The summed E-state index contributed by atoms with van der Waals surface area (Å²) in [5.74, 6) is 0.617. The maximum Gasteiger partial charge on any atom is 0.193 e. The summed E-state index contributed by atoms with van der Waals surface area (Å²) in [6, 6.07) is 0. The van der Waals surface area contributed by atoms with Crippen LogP contribution >= 0.6 is 22.9 Å². The molecule has 16 heavy (non-hydrogen) atoms. The second-order valence-corrected chi connectivity index (χ2v) is 5.37. The van der Waals surface area contributed by atoms with E-state index in [4.69, 9.17) is 11.6 Å². The largest absolute Gasteiger partial charge is 0.305 e. The Balaban J connectivity index is 2.02. The van der Waals surface area contributed by atoms with Gasteiger partial charge in [0.1, 0.15) is 0 Å². The van der Waals surface area contributed by atoms with Gasteiger partial charge in [-0.25, -0.2) is 4.98 Å². The van der Waals surface area contributed by atoms with Crippen LogP contribution in [0.25, 0.3) is 4.96 Å². The van der Waals surface area contributed by atoms with Crippen LogP contribution < -0.4 is 5.32 Å². The molecule has 88 valence electrons. The van der Waals surface area contributed by atoms with Crippen molar-refractivity contribution in [1.29, 1.82) is 0 Å². The average molecular weight is 258 g/mol.